The first-order chi connectivity index (χ1) is 8.97. The van der Waals surface area contributed by atoms with Crippen LogP contribution in [-0.2, 0) is 4.79 Å². The summed E-state index contributed by atoms with van der Waals surface area (Å²) in [6, 6.07) is 4.78. The van der Waals surface area contributed by atoms with Crippen molar-refractivity contribution in [3.63, 3.8) is 0 Å². The van der Waals surface area contributed by atoms with Crippen LogP contribution in [0.5, 0.6) is 0 Å². The number of aliphatic hydroxyl groups excluding tert-OH is 1. The fourth-order valence-electron chi connectivity index (χ4n) is 2.10. The van der Waals surface area contributed by atoms with Crippen molar-refractivity contribution in [2.45, 2.75) is 31.5 Å². The number of benzene rings is 1. The standard InChI is InChI=1S/C13H16Cl2N2O2/c1-7(8-2-3-10(14)11(15)4-8)17-13(19)12-5-9(18)6-16-12/h2-4,7,9,12,16,18H,5-6H2,1H3,(H,17,19)/t7-,9+,12-/m0/s1. The summed E-state index contributed by atoms with van der Waals surface area (Å²) in [6.07, 6.45) is -0.00375. The van der Waals surface area contributed by atoms with Crippen LogP contribution in [0.2, 0.25) is 10.0 Å². The van der Waals surface area contributed by atoms with E-state index >= 15 is 0 Å². The van der Waals surface area contributed by atoms with Crippen molar-refractivity contribution in [2.75, 3.05) is 6.54 Å². The van der Waals surface area contributed by atoms with Crippen molar-refractivity contribution in [1.29, 1.82) is 0 Å². The summed E-state index contributed by atoms with van der Waals surface area (Å²) in [7, 11) is 0. The highest BCUT2D eigenvalue weighted by atomic mass is 35.5. The van der Waals surface area contributed by atoms with Gasteiger partial charge in [0.15, 0.2) is 0 Å². The fraction of sp³-hybridized carbons (Fsp3) is 0.462. The summed E-state index contributed by atoms with van der Waals surface area (Å²) in [5, 5.41) is 16.2. The second-order valence-electron chi connectivity index (χ2n) is 4.75. The molecule has 19 heavy (non-hydrogen) atoms. The van der Waals surface area contributed by atoms with Crippen LogP contribution in [0.25, 0.3) is 0 Å². The number of hydrogen-bond donors (Lipinski definition) is 3. The third kappa shape index (κ3) is 3.60. The Kier molecular flexibility index (Phi) is 4.68. The Morgan fingerprint density at radius 2 is 2.21 bits per heavy atom. The van der Waals surface area contributed by atoms with E-state index < -0.39 is 6.10 Å². The Balaban J connectivity index is 1.98. The highest BCUT2D eigenvalue weighted by Crippen LogP contribution is 2.25. The molecule has 0 aromatic heterocycles. The Morgan fingerprint density at radius 1 is 1.47 bits per heavy atom. The van der Waals surface area contributed by atoms with Gasteiger partial charge in [0.2, 0.25) is 5.91 Å². The van der Waals surface area contributed by atoms with Gasteiger partial charge in [-0.1, -0.05) is 29.3 Å². The van der Waals surface area contributed by atoms with Crippen molar-refractivity contribution in [3.05, 3.63) is 33.8 Å². The third-order valence-corrected chi connectivity index (χ3v) is 3.97. The number of carbonyl (C=O) groups excluding carboxylic acids is 1. The lowest BCUT2D eigenvalue weighted by atomic mass is 10.1. The molecular weight excluding hydrogens is 287 g/mol. The average molecular weight is 303 g/mol. The van der Waals surface area contributed by atoms with Gasteiger partial charge in [0.1, 0.15) is 0 Å². The average Bonchev–Trinajstić information content (AvgIpc) is 2.79. The Morgan fingerprint density at radius 3 is 2.79 bits per heavy atom. The van der Waals surface area contributed by atoms with E-state index in [9.17, 15) is 9.90 Å². The molecule has 1 aliphatic rings. The second kappa shape index (κ2) is 6.09. The predicted octanol–water partition coefficient (Wildman–Crippen LogP) is 1.89. The number of rotatable bonds is 3. The molecule has 1 amide bonds. The van der Waals surface area contributed by atoms with Crippen molar-refractivity contribution >= 4 is 29.1 Å². The van der Waals surface area contributed by atoms with E-state index in [4.69, 9.17) is 23.2 Å². The van der Waals surface area contributed by atoms with E-state index in [0.717, 1.165) is 5.56 Å². The van der Waals surface area contributed by atoms with Gasteiger partial charge < -0.3 is 15.7 Å². The van der Waals surface area contributed by atoms with Crippen LogP contribution in [0.4, 0.5) is 0 Å². The summed E-state index contributed by atoms with van der Waals surface area (Å²) in [5.41, 5.74) is 0.890. The van der Waals surface area contributed by atoms with Gasteiger partial charge >= 0.3 is 0 Å². The molecule has 0 spiro atoms. The molecule has 6 heteroatoms. The van der Waals surface area contributed by atoms with Crippen LogP contribution < -0.4 is 10.6 Å². The predicted molar refractivity (Wildman–Crippen MR) is 75.4 cm³/mol. The summed E-state index contributed by atoms with van der Waals surface area (Å²) in [4.78, 5) is 12.0. The first kappa shape index (κ1) is 14.6. The molecule has 0 bridgehead atoms. The molecular formula is C13H16Cl2N2O2. The second-order valence-corrected chi connectivity index (χ2v) is 5.57. The molecule has 0 unspecified atom stereocenters. The van der Waals surface area contributed by atoms with Gasteiger partial charge in [-0.15, -0.1) is 0 Å². The van der Waals surface area contributed by atoms with Crippen molar-refractivity contribution < 1.29 is 9.90 Å². The van der Waals surface area contributed by atoms with Gasteiger partial charge in [-0.2, -0.15) is 0 Å². The van der Waals surface area contributed by atoms with Crippen LogP contribution in [0.1, 0.15) is 24.9 Å². The topological polar surface area (TPSA) is 61.4 Å². The van der Waals surface area contributed by atoms with Gasteiger partial charge in [-0.3, -0.25) is 4.79 Å². The van der Waals surface area contributed by atoms with Crippen LogP contribution in [0, 0.1) is 0 Å². The Hall–Kier alpha value is -0.810. The SMILES string of the molecule is C[C@H](NC(=O)[C@@H]1C[C@@H](O)CN1)c1ccc(Cl)c(Cl)c1. The lowest BCUT2D eigenvalue weighted by Crippen LogP contribution is -2.41. The monoisotopic (exact) mass is 302 g/mol. The maximum absolute atomic E-state index is 12.0. The number of amides is 1. The zero-order valence-electron chi connectivity index (χ0n) is 10.5. The van der Waals surface area contributed by atoms with E-state index in [1.54, 1.807) is 12.1 Å². The van der Waals surface area contributed by atoms with E-state index in [0.29, 0.717) is 23.0 Å². The Labute approximate surface area is 122 Å². The molecule has 3 atom stereocenters. The summed E-state index contributed by atoms with van der Waals surface area (Å²) < 4.78 is 0. The molecule has 0 aliphatic carbocycles. The summed E-state index contributed by atoms with van der Waals surface area (Å²) in [5.74, 6) is -0.116. The fourth-order valence-corrected chi connectivity index (χ4v) is 2.40. The molecule has 104 valence electrons. The minimum Gasteiger partial charge on any atom is -0.392 e. The molecule has 2 rings (SSSR count). The first-order valence-electron chi connectivity index (χ1n) is 6.14. The lowest BCUT2D eigenvalue weighted by molar-refractivity contribution is -0.123. The molecule has 1 aliphatic heterocycles. The number of halogens is 2. The van der Waals surface area contributed by atoms with Crippen molar-refractivity contribution in [2.24, 2.45) is 0 Å². The molecule has 4 nitrogen and oxygen atoms in total. The normalized spacial score (nSPS) is 24.2. The highest BCUT2D eigenvalue weighted by Gasteiger charge is 2.28. The van der Waals surface area contributed by atoms with Gasteiger partial charge in [-0.25, -0.2) is 0 Å². The van der Waals surface area contributed by atoms with E-state index in [1.807, 2.05) is 13.0 Å². The van der Waals surface area contributed by atoms with Crippen molar-refractivity contribution in [3.8, 4) is 0 Å². The lowest BCUT2D eigenvalue weighted by Gasteiger charge is -2.18. The van der Waals surface area contributed by atoms with Crippen LogP contribution in [0.15, 0.2) is 18.2 Å². The van der Waals surface area contributed by atoms with Crippen molar-refractivity contribution in [1.82, 2.24) is 10.6 Å². The minimum absolute atomic E-state index is 0.116. The quantitative estimate of drug-likeness (QED) is 0.799. The number of hydrogen-bond acceptors (Lipinski definition) is 3. The molecule has 0 radical (unpaired) electrons. The van der Waals surface area contributed by atoms with Gasteiger partial charge in [0.25, 0.3) is 0 Å². The van der Waals surface area contributed by atoms with Crippen LogP contribution in [-0.4, -0.2) is 29.7 Å². The number of carbonyl (C=O) groups is 1. The van der Waals surface area contributed by atoms with E-state index in [-0.39, 0.29) is 18.0 Å². The molecule has 1 fully saturated rings. The maximum atomic E-state index is 12.0. The van der Waals surface area contributed by atoms with Gasteiger partial charge in [0.05, 0.1) is 28.2 Å². The minimum atomic E-state index is -0.448. The van der Waals surface area contributed by atoms with E-state index in [1.165, 1.54) is 0 Å². The van der Waals surface area contributed by atoms with Crippen LogP contribution in [0.3, 0.4) is 0 Å². The number of β-amino-alcohol motifs (C(OH)–C–C–N with tert-alkyl or cyclic N) is 1. The zero-order chi connectivity index (χ0) is 14.0. The molecule has 1 aromatic carbocycles. The maximum Gasteiger partial charge on any atom is 0.237 e. The molecule has 1 saturated heterocycles. The summed E-state index contributed by atoms with van der Waals surface area (Å²) >= 11 is 11.8. The highest BCUT2D eigenvalue weighted by molar-refractivity contribution is 6.42. The Bertz CT molecular complexity index is 482. The third-order valence-electron chi connectivity index (χ3n) is 3.23. The molecule has 1 heterocycles. The summed E-state index contributed by atoms with van der Waals surface area (Å²) in [6.45, 7) is 2.34. The zero-order valence-corrected chi connectivity index (χ0v) is 12.0. The van der Waals surface area contributed by atoms with Gasteiger partial charge in [-0.05, 0) is 31.0 Å². The van der Waals surface area contributed by atoms with E-state index in [2.05, 4.69) is 10.6 Å². The smallest absolute Gasteiger partial charge is 0.237 e. The number of aliphatic hydroxyl groups is 1. The van der Waals surface area contributed by atoms with Gasteiger partial charge in [0, 0.05) is 6.54 Å². The molecule has 0 saturated carbocycles. The number of nitrogens with one attached hydrogen (secondary N) is 2. The molecule has 3 N–H and O–H groups in total. The largest absolute Gasteiger partial charge is 0.392 e. The first-order valence-corrected chi connectivity index (χ1v) is 6.89. The molecule has 1 aromatic rings. The van der Waals surface area contributed by atoms with Crippen LogP contribution >= 0.6 is 23.2 Å².